The molecule has 0 heterocycles. The van der Waals surface area contributed by atoms with Gasteiger partial charge < -0.3 is 10.1 Å². The molecule has 1 amide bonds. The number of ether oxygens (including phenoxy) is 1. The molecule has 0 aliphatic carbocycles. The molecule has 0 radical (unpaired) electrons. The summed E-state index contributed by atoms with van der Waals surface area (Å²) in [4.78, 5) is 12.0. The van der Waals surface area contributed by atoms with Gasteiger partial charge in [0, 0.05) is 11.1 Å². The summed E-state index contributed by atoms with van der Waals surface area (Å²) in [6.45, 7) is -0.179. The number of anilines is 1. The highest BCUT2D eigenvalue weighted by atomic mass is 35.5. The van der Waals surface area contributed by atoms with E-state index in [1.165, 1.54) is 0 Å². The molecule has 0 aromatic heterocycles. The molecular formula is C19H15ClN2O2S. The van der Waals surface area contributed by atoms with Crippen molar-refractivity contribution in [1.29, 1.82) is 0 Å². The minimum Gasteiger partial charge on any atom is -0.482 e. The highest BCUT2D eigenvalue weighted by molar-refractivity contribution is 7.80. The first kappa shape index (κ1) is 17.2. The zero-order valence-corrected chi connectivity index (χ0v) is 14.7. The number of para-hydroxylation sites is 1. The maximum Gasteiger partial charge on any atom is 0.264 e. The summed E-state index contributed by atoms with van der Waals surface area (Å²) in [5.74, 6) is 0.0879. The second-order valence-corrected chi connectivity index (χ2v) is 6.06. The summed E-state index contributed by atoms with van der Waals surface area (Å²) >= 11 is 11.2. The number of carbonyl (C=O) groups excluding carboxylic acids is 1. The van der Waals surface area contributed by atoms with Gasteiger partial charge in [-0.3, -0.25) is 10.1 Å². The van der Waals surface area contributed by atoms with Crippen LogP contribution in [0.15, 0.2) is 66.7 Å². The lowest BCUT2D eigenvalue weighted by atomic mass is 10.1. The van der Waals surface area contributed by atoms with Crippen molar-refractivity contribution in [3.05, 3.63) is 71.8 Å². The van der Waals surface area contributed by atoms with E-state index in [2.05, 4.69) is 10.6 Å². The van der Waals surface area contributed by atoms with Gasteiger partial charge in [-0.15, -0.1) is 0 Å². The number of thiocarbonyl (C=S) groups is 1. The standard InChI is InChI=1S/C19H15ClN2O2S/c20-15-9-3-4-11-17(15)24-12-18(23)22-19(25)21-16-10-5-7-13-6-1-2-8-14(13)16/h1-11H,12H2,(H2,21,22,23,25). The van der Waals surface area contributed by atoms with Crippen molar-refractivity contribution in [1.82, 2.24) is 5.32 Å². The number of amides is 1. The Morgan fingerprint density at radius 2 is 1.72 bits per heavy atom. The van der Waals surface area contributed by atoms with E-state index in [-0.39, 0.29) is 17.6 Å². The lowest BCUT2D eigenvalue weighted by Gasteiger charge is -2.12. The predicted octanol–water partition coefficient (Wildman–Crippen LogP) is 4.39. The van der Waals surface area contributed by atoms with E-state index in [4.69, 9.17) is 28.6 Å². The number of carbonyl (C=O) groups is 1. The van der Waals surface area contributed by atoms with Gasteiger partial charge in [-0.25, -0.2) is 0 Å². The molecule has 3 aromatic rings. The van der Waals surface area contributed by atoms with E-state index in [0.717, 1.165) is 16.5 Å². The fourth-order valence-electron chi connectivity index (χ4n) is 2.36. The second kappa shape index (κ2) is 7.96. The normalized spacial score (nSPS) is 10.3. The van der Waals surface area contributed by atoms with Crippen molar-refractivity contribution in [2.75, 3.05) is 11.9 Å². The van der Waals surface area contributed by atoms with Crippen LogP contribution in [0.1, 0.15) is 0 Å². The molecule has 0 atom stereocenters. The van der Waals surface area contributed by atoms with Gasteiger partial charge in [0.15, 0.2) is 11.7 Å². The Labute approximate surface area is 155 Å². The molecule has 0 aliphatic rings. The Morgan fingerprint density at radius 3 is 2.56 bits per heavy atom. The van der Waals surface area contributed by atoms with E-state index in [1.54, 1.807) is 24.3 Å². The van der Waals surface area contributed by atoms with Crippen LogP contribution in [0.5, 0.6) is 5.75 Å². The van der Waals surface area contributed by atoms with Crippen molar-refractivity contribution >= 4 is 51.3 Å². The van der Waals surface area contributed by atoms with E-state index in [0.29, 0.717) is 10.8 Å². The Bertz CT molecular complexity index is 925. The number of rotatable bonds is 4. The first-order chi connectivity index (χ1) is 12.1. The fourth-order valence-corrected chi connectivity index (χ4v) is 2.77. The number of hydrogen-bond donors (Lipinski definition) is 2. The highest BCUT2D eigenvalue weighted by Crippen LogP contribution is 2.23. The average molecular weight is 371 g/mol. The van der Waals surface area contributed by atoms with Crippen LogP contribution >= 0.6 is 23.8 Å². The first-order valence-corrected chi connectivity index (χ1v) is 8.38. The molecule has 3 rings (SSSR count). The Hall–Kier alpha value is -2.63. The summed E-state index contributed by atoms with van der Waals surface area (Å²) < 4.78 is 5.39. The van der Waals surface area contributed by atoms with Gasteiger partial charge in [0.1, 0.15) is 5.75 Å². The van der Waals surface area contributed by atoms with Gasteiger partial charge in [-0.2, -0.15) is 0 Å². The molecule has 0 fully saturated rings. The summed E-state index contributed by atoms with van der Waals surface area (Å²) in [5.41, 5.74) is 0.829. The van der Waals surface area contributed by atoms with Crippen LogP contribution in [-0.2, 0) is 4.79 Å². The SMILES string of the molecule is O=C(COc1ccccc1Cl)NC(=S)Nc1cccc2ccccc12. The van der Waals surface area contributed by atoms with Crippen LogP contribution in [0.3, 0.4) is 0 Å². The van der Waals surface area contributed by atoms with Crippen LogP contribution in [0, 0.1) is 0 Å². The Balaban J connectivity index is 1.58. The molecule has 3 aromatic carbocycles. The molecule has 4 nitrogen and oxygen atoms in total. The Kier molecular flexibility index (Phi) is 5.48. The summed E-state index contributed by atoms with van der Waals surface area (Å²) in [6, 6.07) is 20.7. The number of hydrogen-bond acceptors (Lipinski definition) is 3. The predicted molar refractivity (Wildman–Crippen MR) is 105 cm³/mol. The van der Waals surface area contributed by atoms with Crippen LogP contribution in [0.25, 0.3) is 10.8 Å². The van der Waals surface area contributed by atoms with E-state index < -0.39 is 0 Å². The van der Waals surface area contributed by atoms with Gasteiger partial charge in [-0.05, 0) is 35.8 Å². The molecule has 0 spiro atoms. The van der Waals surface area contributed by atoms with Gasteiger partial charge >= 0.3 is 0 Å². The molecule has 0 unspecified atom stereocenters. The van der Waals surface area contributed by atoms with E-state index in [9.17, 15) is 4.79 Å². The van der Waals surface area contributed by atoms with Gasteiger partial charge in [0.2, 0.25) is 0 Å². The van der Waals surface area contributed by atoms with Gasteiger partial charge in [0.05, 0.1) is 5.02 Å². The van der Waals surface area contributed by atoms with Gasteiger partial charge in [0.25, 0.3) is 5.91 Å². The quantitative estimate of drug-likeness (QED) is 0.669. The smallest absolute Gasteiger partial charge is 0.264 e. The highest BCUT2D eigenvalue weighted by Gasteiger charge is 2.08. The van der Waals surface area contributed by atoms with Crippen LogP contribution in [-0.4, -0.2) is 17.6 Å². The monoisotopic (exact) mass is 370 g/mol. The lowest BCUT2D eigenvalue weighted by Crippen LogP contribution is -2.37. The van der Waals surface area contributed by atoms with Crippen molar-refractivity contribution < 1.29 is 9.53 Å². The molecule has 0 saturated heterocycles. The topological polar surface area (TPSA) is 50.4 Å². The Morgan fingerprint density at radius 1 is 1.00 bits per heavy atom. The number of nitrogens with one attached hydrogen (secondary N) is 2. The molecule has 0 bridgehead atoms. The summed E-state index contributed by atoms with van der Waals surface area (Å²) in [6.07, 6.45) is 0. The molecule has 126 valence electrons. The largest absolute Gasteiger partial charge is 0.482 e. The minimum atomic E-state index is -0.363. The molecule has 0 saturated carbocycles. The maximum absolute atomic E-state index is 12.0. The lowest BCUT2D eigenvalue weighted by molar-refractivity contribution is -0.121. The number of halogens is 1. The molecule has 25 heavy (non-hydrogen) atoms. The minimum absolute atomic E-state index is 0.179. The molecule has 2 N–H and O–H groups in total. The third-order valence-electron chi connectivity index (χ3n) is 3.49. The number of benzene rings is 3. The molecular weight excluding hydrogens is 356 g/mol. The second-order valence-electron chi connectivity index (χ2n) is 5.25. The fraction of sp³-hybridized carbons (Fsp3) is 0.0526. The van der Waals surface area contributed by atoms with Gasteiger partial charge in [-0.1, -0.05) is 60.1 Å². The van der Waals surface area contributed by atoms with Crippen molar-refractivity contribution in [2.24, 2.45) is 0 Å². The third-order valence-corrected chi connectivity index (χ3v) is 4.00. The maximum atomic E-state index is 12.0. The summed E-state index contributed by atoms with van der Waals surface area (Å²) in [5, 5.41) is 8.41. The van der Waals surface area contributed by atoms with E-state index in [1.807, 2.05) is 42.5 Å². The number of fused-ring (bicyclic) bond motifs is 1. The van der Waals surface area contributed by atoms with Crippen molar-refractivity contribution in [3.8, 4) is 5.75 Å². The first-order valence-electron chi connectivity index (χ1n) is 7.59. The van der Waals surface area contributed by atoms with Crippen LogP contribution < -0.4 is 15.4 Å². The van der Waals surface area contributed by atoms with Crippen LogP contribution in [0.2, 0.25) is 5.02 Å². The zero-order valence-electron chi connectivity index (χ0n) is 13.2. The third kappa shape index (κ3) is 4.47. The molecule has 0 aliphatic heterocycles. The molecule has 6 heteroatoms. The summed E-state index contributed by atoms with van der Waals surface area (Å²) in [7, 11) is 0. The average Bonchev–Trinajstić information content (AvgIpc) is 2.61. The zero-order chi connectivity index (χ0) is 17.6. The van der Waals surface area contributed by atoms with Crippen molar-refractivity contribution in [2.45, 2.75) is 0 Å². The van der Waals surface area contributed by atoms with Crippen LogP contribution in [0.4, 0.5) is 5.69 Å². The van der Waals surface area contributed by atoms with Crippen molar-refractivity contribution in [3.63, 3.8) is 0 Å². The van der Waals surface area contributed by atoms with E-state index >= 15 is 0 Å².